The molecular weight excluding hydrogens is 330 g/mol. The van der Waals surface area contributed by atoms with Crippen molar-refractivity contribution in [2.24, 2.45) is 0 Å². The van der Waals surface area contributed by atoms with Crippen molar-refractivity contribution in [2.45, 2.75) is 65.3 Å². The minimum absolute atomic E-state index is 0. The van der Waals surface area contributed by atoms with Crippen molar-refractivity contribution >= 4 is 12.4 Å². The Balaban J connectivity index is 0.00000312. The highest BCUT2D eigenvalue weighted by atomic mass is 35.5. The van der Waals surface area contributed by atoms with Gasteiger partial charge in [0.25, 0.3) is 0 Å². The number of rotatable bonds is 8. The molecule has 0 heterocycles. The highest BCUT2D eigenvalue weighted by molar-refractivity contribution is 5.85. The SMILES string of the molecule is CC(C)N(C(C)C)C(CCc1ccccc1)c1cccc(CO)c1.Cl. The second-order valence-corrected chi connectivity index (χ2v) is 7.08. The fourth-order valence-corrected chi connectivity index (χ4v) is 3.65. The Morgan fingerprint density at radius 2 is 1.44 bits per heavy atom. The van der Waals surface area contributed by atoms with E-state index in [9.17, 15) is 5.11 Å². The summed E-state index contributed by atoms with van der Waals surface area (Å²) in [4.78, 5) is 2.58. The van der Waals surface area contributed by atoms with E-state index in [0.29, 0.717) is 18.1 Å². The molecule has 3 heteroatoms. The zero-order chi connectivity index (χ0) is 17.5. The summed E-state index contributed by atoms with van der Waals surface area (Å²) < 4.78 is 0. The Morgan fingerprint density at radius 3 is 2.00 bits per heavy atom. The molecule has 25 heavy (non-hydrogen) atoms. The van der Waals surface area contributed by atoms with Gasteiger partial charge in [-0.05, 0) is 57.2 Å². The predicted octanol–water partition coefficient (Wildman–Crippen LogP) is 5.39. The molecule has 0 radical (unpaired) electrons. The van der Waals surface area contributed by atoms with E-state index < -0.39 is 0 Å². The highest BCUT2D eigenvalue weighted by Gasteiger charge is 2.25. The predicted molar refractivity (Wildman–Crippen MR) is 109 cm³/mol. The Hall–Kier alpha value is -1.35. The van der Waals surface area contributed by atoms with Crippen molar-refractivity contribution in [1.29, 1.82) is 0 Å². The topological polar surface area (TPSA) is 23.5 Å². The van der Waals surface area contributed by atoms with Crippen LogP contribution in [0.25, 0.3) is 0 Å². The second kappa shape index (κ2) is 10.6. The molecule has 0 fully saturated rings. The second-order valence-electron chi connectivity index (χ2n) is 7.08. The molecule has 1 unspecified atom stereocenters. The van der Waals surface area contributed by atoms with Gasteiger partial charge in [0.1, 0.15) is 0 Å². The molecule has 0 aliphatic heterocycles. The lowest BCUT2D eigenvalue weighted by molar-refractivity contribution is 0.106. The monoisotopic (exact) mass is 361 g/mol. The molecule has 2 aromatic rings. The molecule has 0 bridgehead atoms. The first-order chi connectivity index (χ1) is 11.5. The van der Waals surface area contributed by atoms with Crippen LogP contribution in [0.5, 0.6) is 0 Å². The van der Waals surface area contributed by atoms with E-state index in [1.165, 1.54) is 11.1 Å². The van der Waals surface area contributed by atoms with Crippen LogP contribution >= 0.6 is 12.4 Å². The normalized spacial score (nSPS) is 12.5. The van der Waals surface area contributed by atoms with E-state index in [-0.39, 0.29) is 19.0 Å². The Kier molecular flexibility index (Phi) is 9.20. The van der Waals surface area contributed by atoms with Crippen molar-refractivity contribution in [3.8, 4) is 0 Å². The minimum atomic E-state index is 0. The van der Waals surface area contributed by atoms with Gasteiger partial charge in [0.05, 0.1) is 6.61 Å². The molecule has 0 amide bonds. The summed E-state index contributed by atoms with van der Waals surface area (Å²) in [5.74, 6) is 0. The third-order valence-electron chi connectivity index (χ3n) is 4.62. The molecule has 0 saturated heterocycles. The van der Waals surface area contributed by atoms with Crippen molar-refractivity contribution in [1.82, 2.24) is 4.90 Å². The van der Waals surface area contributed by atoms with Gasteiger partial charge in [0, 0.05) is 18.1 Å². The molecular formula is C22H32ClNO. The number of hydrogen-bond acceptors (Lipinski definition) is 2. The molecule has 0 aromatic heterocycles. The zero-order valence-electron chi connectivity index (χ0n) is 15.9. The summed E-state index contributed by atoms with van der Waals surface area (Å²) >= 11 is 0. The van der Waals surface area contributed by atoms with Crippen molar-refractivity contribution in [2.75, 3.05) is 0 Å². The van der Waals surface area contributed by atoms with Crippen LogP contribution in [0.4, 0.5) is 0 Å². The fraction of sp³-hybridized carbons (Fsp3) is 0.455. The highest BCUT2D eigenvalue weighted by Crippen LogP contribution is 2.30. The summed E-state index contributed by atoms with van der Waals surface area (Å²) in [6.45, 7) is 9.18. The molecule has 0 spiro atoms. The number of aliphatic hydroxyl groups is 1. The van der Waals surface area contributed by atoms with Gasteiger partial charge < -0.3 is 5.11 Å². The van der Waals surface area contributed by atoms with Gasteiger partial charge in [-0.3, -0.25) is 4.90 Å². The van der Waals surface area contributed by atoms with Crippen LogP contribution in [-0.4, -0.2) is 22.1 Å². The van der Waals surface area contributed by atoms with Crippen LogP contribution in [0.2, 0.25) is 0 Å². The van der Waals surface area contributed by atoms with E-state index in [4.69, 9.17) is 0 Å². The Labute approximate surface area is 159 Å². The minimum Gasteiger partial charge on any atom is -0.392 e. The van der Waals surface area contributed by atoms with Crippen molar-refractivity contribution in [3.63, 3.8) is 0 Å². The third-order valence-corrected chi connectivity index (χ3v) is 4.62. The van der Waals surface area contributed by atoms with Gasteiger partial charge in [0.2, 0.25) is 0 Å². The first kappa shape index (κ1) is 21.7. The number of hydrogen-bond donors (Lipinski definition) is 1. The van der Waals surface area contributed by atoms with Gasteiger partial charge in [-0.2, -0.15) is 0 Å². The van der Waals surface area contributed by atoms with E-state index >= 15 is 0 Å². The van der Waals surface area contributed by atoms with Crippen LogP contribution in [0, 0.1) is 0 Å². The number of nitrogens with zero attached hydrogens (tertiary/aromatic N) is 1. The maximum atomic E-state index is 9.50. The van der Waals surface area contributed by atoms with Gasteiger partial charge in [-0.25, -0.2) is 0 Å². The van der Waals surface area contributed by atoms with Crippen molar-refractivity contribution < 1.29 is 5.11 Å². The van der Waals surface area contributed by atoms with E-state index in [2.05, 4.69) is 81.1 Å². The average molecular weight is 362 g/mol. The number of aryl methyl sites for hydroxylation is 1. The van der Waals surface area contributed by atoms with Crippen LogP contribution in [-0.2, 0) is 13.0 Å². The standard InChI is InChI=1S/C22H31NO.ClH/c1-17(2)23(18(3)4)22(14-13-19-9-6-5-7-10-19)21-12-8-11-20(15-21)16-24;/h5-12,15,17-18,22,24H,13-14,16H2,1-4H3;1H. The maximum absolute atomic E-state index is 9.50. The molecule has 2 rings (SSSR count). The molecule has 1 atom stereocenters. The lowest BCUT2D eigenvalue weighted by Gasteiger charge is -2.39. The van der Waals surface area contributed by atoms with Crippen LogP contribution in [0.3, 0.4) is 0 Å². The van der Waals surface area contributed by atoms with E-state index in [0.717, 1.165) is 18.4 Å². The van der Waals surface area contributed by atoms with E-state index in [1.54, 1.807) is 0 Å². The largest absolute Gasteiger partial charge is 0.392 e. The molecule has 0 aliphatic rings. The number of aliphatic hydroxyl groups excluding tert-OH is 1. The van der Waals surface area contributed by atoms with Crippen LogP contribution < -0.4 is 0 Å². The van der Waals surface area contributed by atoms with Crippen molar-refractivity contribution in [3.05, 3.63) is 71.3 Å². The first-order valence-electron chi connectivity index (χ1n) is 9.04. The summed E-state index contributed by atoms with van der Waals surface area (Å²) in [6, 6.07) is 20.4. The lowest BCUT2D eigenvalue weighted by atomic mass is 9.94. The zero-order valence-corrected chi connectivity index (χ0v) is 16.7. The van der Waals surface area contributed by atoms with Crippen LogP contribution in [0.1, 0.15) is 56.8 Å². The molecule has 2 nitrogen and oxygen atoms in total. The molecule has 138 valence electrons. The first-order valence-corrected chi connectivity index (χ1v) is 9.04. The van der Waals surface area contributed by atoms with Crippen LogP contribution in [0.15, 0.2) is 54.6 Å². The summed E-state index contributed by atoms with van der Waals surface area (Å²) in [5, 5.41) is 9.50. The van der Waals surface area contributed by atoms with Gasteiger partial charge >= 0.3 is 0 Å². The molecule has 2 aromatic carbocycles. The third kappa shape index (κ3) is 6.14. The Morgan fingerprint density at radius 1 is 0.840 bits per heavy atom. The summed E-state index contributed by atoms with van der Waals surface area (Å²) in [7, 11) is 0. The summed E-state index contributed by atoms with van der Waals surface area (Å²) in [5.41, 5.74) is 3.68. The smallest absolute Gasteiger partial charge is 0.0681 e. The molecule has 0 saturated carbocycles. The van der Waals surface area contributed by atoms with E-state index in [1.807, 2.05) is 6.07 Å². The summed E-state index contributed by atoms with van der Waals surface area (Å²) in [6.07, 6.45) is 2.14. The van der Waals surface area contributed by atoms with Gasteiger partial charge in [0.15, 0.2) is 0 Å². The molecule has 1 N–H and O–H groups in total. The average Bonchev–Trinajstić information content (AvgIpc) is 2.58. The van der Waals surface area contributed by atoms with Gasteiger partial charge in [-0.1, -0.05) is 54.6 Å². The maximum Gasteiger partial charge on any atom is 0.0681 e. The fourth-order valence-electron chi connectivity index (χ4n) is 3.65. The lowest BCUT2D eigenvalue weighted by Crippen LogP contribution is -2.40. The quantitative estimate of drug-likeness (QED) is 0.681. The van der Waals surface area contributed by atoms with Gasteiger partial charge in [-0.15, -0.1) is 12.4 Å². The number of benzene rings is 2. The molecule has 0 aliphatic carbocycles. The Bertz CT molecular complexity index is 604. The number of halogens is 1.